The standard InChI is InChI=1S/C20H27NO6/c1-13(17(22)14-8-10-15(25-5)11-9-14)26-18(23)16-7-6-12-21(16)19(24)27-20(2,3)4/h8-11,13,16H,6-7,12H2,1-5H3/t13-,16+/m1/s1. The zero-order valence-electron chi connectivity index (χ0n) is 16.5. The lowest BCUT2D eigenvalue weighted by molar-refractivity contribution is -0.151. The molecule has 0 radical (unpaired) electrons. The molecule has 7 nitrogen and oxygen atoms in total. The Morgan fingerprint density at radius 3 is 2.33 bits per heavy atom. The van der Waals surface area contributed by atoms with Crippen LogP contribution >= 0.6 is 0 Å². The molecular weight excluding hydrogens is 350 g/mol. The van der Waals surface area contributed by atoms with Crippen molar-refractivity contribution in [3.8, 4) is 5.75 Å². The zero-order valence-corrected chi connectivity index (χ0v) is 16.5. The first-order chi connectivity index (χ1) is 12.6. The lowest BCUT2D eigenvalue weighted by atomic mass is 10.1. The van der Waals surface area contributed by atoms with Crippen molar-refractivity contribution in [1.29, 1.82) is 0 Å². The van der Waals surface area contributed by atoms with Crippen molar-refractivity contribution >= 4 is 17.8 Å². The molecule has 0 N–H and O–H groups in total. The van der Waals surface area contributed by atoms with Crippen LogP contribution in [0.2, 0.25) is 0 Å². The summed E-state index contributed by atoms with van der Waals surface area (Å²) < 4.78 is 15.8. The molecule has 148 valence electrons. The molecule has 1 aromatic carbocycles. The summed E-state index contributed by atoms with van der Waals surface area (Å²) in [5, 5.41) is 0. The zero-order chi connectivity index (χ0) is 20.2. The van der Waals surface area contributed by atoms with Gasteiger partial charge >= 0.3 is 12.1 Å². The van der Waals surface area contributed by atoms with E-state index in [0.29, 0.717) is 30.7 Å². The monoisotopic (exact) mass is 377 g/mol. The van der Waals surface area contributed by atoms with Crippen molar-refractivity contribution in [2.45, 2.75) is 58.3 Å². The first-order valence-electron chi connectivity index (χ1n) is 9.01. The second-order valence-electron chi connectivity index (χ2n) is 7.50. The second kappa shape index (κ2) is 8.41. The first kappa shape index (κ1) is 20.7. The van der Waals surface area contributed by atoms with Gasteiger partial charge in [0.25, 0.3) is 0 Å². The number of benzene rings is 1. The number of ether oxygens (including phenoxy) is 3. The van der Waals surface area contributed by atoms with Crippen LogP contribution in [0.5, 0.6) is 5.75 Å². The van der Waals surface area contributed by atoms with Crippen LogP contribution in [-0.2, 0) is 14.3 Å². The fourth-order valence-corrected chi connectivity index (χ4v) is 2.85. The number of nitrogens with zero attached hydrogens (tertiary/aromatic N) is 1. The molecule has 1 amide bonds. The largest absolute Gasteiger partial charge is 0.497 e. The molecule has 2 rings (SSSR count). The van der Waals surface area contributed by atoms with Gasteiger partial charge in [-0.25, -0.2) is 9.59 Å². The molecule has 27 heavy (non-hydrogen) atoms. The van der Waals surface area contributed by atoms with Gasteiger partial charge in [0, 0.05) is 12.1 Å². The third-order valence-corrected chi connectivity index (χ3v) is 4.19. The molecule has 1 heterocycles. The predicted octanol–water partition coefficient (Wildman–Crippen LogP) is 3.21. The molecule has 1 aliphatic heterocycles. The molecule has 1 aliphatic rings. The van der Waals surface area contributed by atoms with Crippen molar-refractivity contribution in [1.82, 2.24) is 4.90 Å². The predicted molar refractivity (Wildman–Crippen MR) is 98.8 cm³/mol. The van der Waals surface area contributed by atoms with Gasteiger partial charge in [-0.15, -0.1) is 0 Å². The number of Topliss-reactive ketones (excluding diaryl/α,β-unsaturated/α-hetero) is 1. The molecule has 0 spiro atoms. The molecule has 1 aromatic rings. The maximum absolute atomic E-state index is 12.5. The van der Waals surface area contributed by atoms with Gasteiger partial charge in [0.15, 0.2) is 6.10 Å². The average molecular weight is 377 g/mol. The summed E-state index contributed by atoms with van der Waals surface area (Å²) in [5.74, 6) is -0.268. The normalized spacial score (nSPS) is 18.0. The van der Waals surface area contributed by atoms with Crippen LogP contribution in [0.3, 0.4) is 0 Å². The molecule has 7 heteroatoms. The van der Waals surface area contributed by atoms with Crippen LogP contribution in [0, 0.1) is 0 Å². The summed E-state index contributed by atoms with van der Waals surface area (Å²) in [6, 6.07) is 5.85. The third-order valence-electron chi connectivity index (χ3n) is 4.19. The molecule has 1 fully saturated rings. The van der Waals surface area contributed by atoms with Crippen LogP contribution in [0.4, 0.5) is 4.79 Å². The average Bonchev–Trinajstić information content (AvgIpc) is 3.09. The number of carbonyl (C=O) groups is 3. The molecule has 0 aliphatic carbocycles. The SMILES string of the molecule is COc1ccc(C(=O)[C@@H](C)OC(=O)[C@@H]2CCCN2C(=O)OC(C)(C)C)cc1. The Bertz CT molecular complexity index is 691. The lowest BCUT2D eigenvalue weighted by Gasteiger charge is -2.28. The van der Waals surface area contributed by atoms with E-state index < -0.39 is 29.8 Å². The maximum Gasteiger partial charge on any atom is 0.411 e. The van der Waals surface area contributed by atoms with Gasteiger partial charge in [0.05, 0.1) is 7.11 Å². The van der Waals surface area contributed by atoms with Crippen LogP contribution in [0.25, 0.3) is 0 Å². The molecule has 0 bridgehead atoms. The van der Waals surface area contributed by atoms with E-state index in [0.717, 1.165) is 0 Å². The Morgan fingerprint density at radius 2 is 1.78 bits per heavy atom. The fourth-order valence-electron chi connectivity index (χ4n) is 2.85. The van der Waals surface area contributed by atoms with E-state index in [1.165, 1.54) is 11.8 Å². The minimum absolute atomic E-state index is 0.312. The van der Waals surface area contributed by atoms with Crippen molar-refractivity contribution < 1.29 is 28.6 Å². The summed E-state index contributed by atoms with van der Waals surface area (Å²) in [6.07, 6.45) is -0.329. The van der Waals surface area contributed by atoms with E-state index in [1.54, 1.807) is 52.1 Å². The molecule has 0 unspecified atom stereocenters. The molecule has 2 atom stereocenters. The van der Waals surface area contributed by atoms with Crippen LogP contribution in [0.15, 0.2) is 24.3 Å². The number of ketones is 1. The lowest BCUT2D eigenvalue weighted by Crippen LogP contribution is -2.45. The Balaban J connectivity index is 1.99. The molecule has 0 saturated carbocycles. The molecule has 0 aromatic heterocycles. The van der Waals surface area contributed by atoms with E-state index in [9.17, 15) is 14.4 Å². The maximum atomic E-state index is 12.5. The number of carbonyl (C=O) groups excluding carboxylic acids is 3. The highest BCUT2D eigenvalue weighted by Gasteiger charge is 2.38. The number of hydrogen-bond acceptors (Lipinski definition) is 6. The van der Waals surface area contributed by atoms with E-state index in [1.807, 2.05) is 0 Å². The fraction of sp³-hybridized carbons (Fsp3) is 0.550. The third kappa shape index (κ3) is 5.45. The van der Waals surface area contributed by atoms with Crippen LogP contribution in [0.1, 0.15) is 50.9 Å². The van der Waals surface area contributed by atoms with Gasteiger partial charge in [-0.3, -0.25) is 9.69 Å². The Hall–Kier alpha value is -2.57. The van der Waals surface area contributed by atoms with Gasteiger partial charge in [0.2, 0.25) is 5.78 Å². The van der Waals surface area contributed by atoms with Crippen molar-refractivity contribution in [2.24, 2.45) is 0 Å². The highest BCUT2D eigenvalue weighted by atomic mass is 16.6. The number of rotatable bonds is 5. The number of methoxy groups -OCH3 is 1. The minimum Gasteiger partial charge on any atom is -0.497 e. The topological polar surface area (TPSA) is 82.1 Å². The molecular formula is C20H27NO6. The summed E-state index contributed by atoms with van der Waals surface area (Å²) in [6.45, 7) is 7.25. The van der Waals surface area contributed by atoms with E-state index in [4.69, 9.17) is 14.2 Å². The minimum atomic E-state index is -0.952. The van der Waals surface area contributed by atoms with Gasteiger partial charge < -0.3 is 14.2 Å². The Kier molecular flexibility index (Phi) is 6.46. The highest BCUT2D eigenvalue weighted by Crippen LogP contribution is 2.23. The number of hydrogen-bond donors (Lipinski definition) is 0. The van der Waals surface area contributed by atoms with Crippen LogP contribution in [-0.4, -0.2) is 54.1 Å². The van der Waals surface area contributed by atoms with Crippen LogP contribution < -0.4 is 4.74 Å². The van der Waals surface area contributed by atoms with E-state index >= 15 is 0 Å². The Labute approximate surface area is 159 Å². The quantitative estimate of drug-likeness (QED) is 0.579. The number of amides is 1. The summed E-state index contributed by atoms with van der Waals surface area (Å²) in [7, 11) is 1.54. The highest BCUT2D eigenvalue weighted by molar-refractivity contribution is 6.00. The Morgan fingerprint density at radius 1 is 1.15 bits per heavy atom. The van der Waals surface area contributed by atoms with Gasteiger partial charge in [-0.05, 0) is 64.8 Å². The number of esters is 1. The summed E-state index contributed by atoms with van der Waals surface area (Å²) >= 11 is 0. The van der Waals surface area contributed by atoms with Crippen molar-refractivity contribution in [2.75, 3.05) is 13.7 Å². The summed E-state index contributed by atoms with van der Waals surface area (Å²) in [4.78, 5) is 38.7. The smallest absolute Gasteiger partial charge is 0.411 e. The van der Waals surface area contributed by atoms with E-state index in [2.05, 4.69) is 0 Å². The van der Waals surface area contributed by atoms with Gasteiger partial charge in [0.1, 0.15) is 17.4 Å². The second-order valence-corrected chi connectivity index (χ2v) is 7.50. The van der Waals surface area contributed by atoms with Crippen molar-refractivity contribution in [3.05, 3.63) is 29.8 Å². The molecule has 1 saturated heterocycles. The number of likely N-dealkylation sites (tertiary alicyclic amines) is 1. The first-order valence-corrected chi connectivity index (χ1v) is 9.01. The van der Waals surface area contributed by atoms with E-state index in [-0.39, 0.29) is 5.78 Å². The van der Waals surface area contributed by atoms with Gasteiger partial charge in [-0.1, -0.05) is 0 Å². The van der Waals surface area contributed by atoms with Crippen molar-refractivity contribution in [3.63, 3.8) is 0 Å². The summed E-state index contributed by atoms with van der Waals surface area (Å²) in [5.41, 5.74) is -0.224. The van der Waals surface area contributed by atoms with Gasteiger partial charge in [-0.2, -0.15) is 0 Å².